The van der Waals surface area contributed by atoms with Gasteiger partial charge in [0.1, 0.15) is 6.54 Å². The number of carbonyl (C=O) groups excluding carboxylic acids is 1. The van der Waals surface area contributed by atoms with Crippen molar-refractivity contribution in [2.75, 3.05) is 6.54 Å². The zero-order valence-corrected chi connectivity index (χ0v) is 10.1. The van der Waals surface area contributed by atoms with E-state index in [0.29, 0.717) is 6.42 Å². The Labute approximate surface area is 94.7 Å². The van der Waals surface area contributed by atoms with E-state index in [9.17, 15) is 14.0 Å². The largest absolute Gasteiger partial charge is 0.480 e. The van der Waals surface area contributed by atoms with Crippen molar-refractivity contribution in [2.45, 2.75) is 40.2 Å². The Kier molecular flexibility index (Phi) is 5.71. The van der Waals surface area contributed by atoms with Crippen LogP contribution in [0, 0.1) is 0 Å². The maximum Gasteiger partial charge on any atom is 0.323 e. The molecule has 0 aromatic rings. The summed E-state index contributed by atoms with van der Waals surface area (Å²) in [5.41, 5.74) is 0.253. The van der Waals surface area contributed by atoms with Crippen LogP contribution in [-0.2, 0) is 9.59 Å². The minimum atomic E-state index is -1.14. The molecule has 1 unspecified atom stereocenters. The first kappa shape index (κ1) is 14.6. The number of carboxylic acids is 1. The average Bonchev–Trinajstić information content (AvgIpc) is 2.22. The van der Waals surface area contributed by atoms with Crippen LogP contribution in [0.3, 0.4) is 0 Å². The van der Waals surface area contributed by atoms with Crippen molar-refractivity contribution in [2.24, 2.45) is 0 Å². The number of allylic oxidation sites excluding steroid dienone is 1. The number of carbonyl (C=O) groups is 2. The van der Waals surface area contributed by atoms with E-state index in [-0.39, 0.29) is 11.6 Å². The lowest BCUT2D eigenvalue weighted by Gasteiger charge is -2.26. The van der Waals surface area contributed by atoms with Gasteiger partial charge in [-0.3, -0.25) is 9.59 Å². The Hall–Kier alpha value is -1.39. The summed E-state index contributed by atoms with van der Waals surface area (Å²) in [6.07, 6.45) is 0.578. The lowest BCUT2D eigenvalue weighted by Crippen LogP contribution is -2.42. The minimum absolute atomic E-state index is 0.253. The summed E-state index contributed by atoms with van der Waals surface area (Å²) in [6.45, 7) is 5.98. The van der Waals surface area contributed by atoms with Crippen molar-refractivity contribution in [1.82, 2.24) is 4.90 Å². The SMILES string of the molecule is CCC(C)N(CC(=O)O)C(=O)C(F)=C(C)C. The fourth-order valence-corrected chi connectivity index (χ4v) is 1.13. The molecule has 0 bridgehead atoms. The van der Waals surface area contributed by atoms with Gasteiger partial charge in [0, 0.05) is 6.04 Å². The topological polar surface area (TPSA) is 57.6 Å². The van der Waals surface area contributed by atoms with Gasteiger partial charge in [-0.2, -0.15) is 0 Å². The predicted octanol–water partition coefficient (Wildman–Crippen LogP) is 1.96. The summed E-state index contributed by atoms with van der Waals surface area (Å²) in [6, 6.07) is -0.298. The molecular formula is C11H18FNO3. The molecule has 4 nitrogen and oxygen atoms in total. The summed E-state index contributed by atoms with van der Waals surface area (Å²) in [5.74, 6) is -2.87. The van der Waals surface area contributed by atoms with Crippen LogP contribution < -0.4 is 0 Å². The minimum Gasteiger partial charge on any atom is -0.480 e. The van der Waals surface area contributed by atoms with E-state index in [1.165, 1.54) is 13.8 Å². The molecule has 0 aromatic heterocycles. The van der Waals surface area contributed by atoms with E-state index < -0.39 is 24.2 Å². The third-order valence-corrected chi connectivity index (χ3v) is 2.32. The van der Waals surface area contributed by atoms with Crippen LogP contribution in [-0.4, -0.2) is 34.5 Å². The molecule has 0 fully saturated rings. The molecule has 0 aliphatic carbocycles. The summed E-state index contributed by atoms with van der Waals surface area (Å²) >= 11 is 0. The molecule has 0 spiro atoms. The van der Waals surface area contributed by atoms with E-state index in [1.807, 2.05) is 6.92 Å². The molecule has 0 saturated heterocycles. The Bertz CT molecular complexity index is 308. The lowest BCUT2D eigenvalue weighted by atomic mass is 10.2. The molecule has 0 aromatic carbocycles. The Balaban J connectivity index is 4.97. The number of aliphatic carboxylic acids is 1. The second kappa shape index (κ2) is 6.25. The number of amides is 1. The number of rotatable bonds is 5. The van der Waals surface area contributed by atoms with E-state index in [1.54, 1.807) is 6.92 Å². The third-order valence-electron chi connectivity index (χ3n) is 2.32. The quantitative estimate of drug-likeness (QED) is 0.736. The van der Waals surface area contributed by atoms with E-state index >= 15 is 0 Å². The number of hydrogen-bond donors (Lipinski definition) is 1. The van der Waals surface area contributed by atoms with Crippen LogP contribution in [0.5, 0.6) is 0 Å². The number of hydrogen-bond acceptors (Lipinski definition) is 2. The maximum atomic E-state index is 13.4. The van der Waals surface area contributed by atoms with Crippen LogP contribution in [0.2, 0.25) is 0 Å². The molecule has 16 heavy (non-hydrogen) atoms. The molecule has 0 heterocycles. The van der Waals surface area contributed by atoms with Gasteiger partial charge in [-0.25, -0.2) is 4.39 Å². The highest BCUT2D eigenvalue weighted by Gasteiger charge is 2.25. The van der Waals surface area contributed by atoms with E-state index in [0.717, 1.165) is 4.90 Å². The first-order valence-corrected chi connectivity index (χ1v) is 5.17. The normalized spacial score (nSPS) is 11.8. The van der Waals surface area contributed by atoms with Crippen molar-refractivity contribution in [3.63, 3.8) is 0 Å². The van der Waals surface area contributed by atoms with Gasteiger partial charge >= 0.3 is 5.97 Å². The van der Waals surface area contributed by atoms with Crippen LogP contribution in [0.15, 0.2) is 11.4 Å². The van der Waals surface area contributed by atoms with Crippen LogP contribution in [0.1, 0.15) is 34.1 Å². The van der Waals surface area contributed by atoms with Crippen LogP contribution >= 0.6 is 0 Å². The predicted molar refractivity (Wildman–Crippen MR) is 58.6 cm³/mol. The van der Waals surface area contributed by atoms with Gasteiger partial charge in [-0.15, -0.1) is 0 Å². The van der Waals surface area contributed by atoms with Crippen LogP contribution in [0.25, 0.3) is 0 Å². The molecular weight excluding hydrogens is 213 g/mol. The summed E-state index contributed by atoms with van der Waals surface area (Å²) in [4.78, 5) is 23.3. The molecule has 1 atom stereocenters. The summed E-state index contributed by atoms with van der Waals surface area (Å²) in [5, 5.41) is 8.67. The molecule has 0 radical (unpaired) electrons. The standard InChI is InChI=1S/C11H18FNO3/c1-5-8(4)13(6-9(14)15)11(16)10(12)7(2)3/h8H,5-6H2,1-4H3,(H,14,15). The van der Waals surface area contributed by atoms with Crippen molar-refractivity contribution in [3.8, 4) is 0 Å². The molecule has 0 aliphatic rings. The first-order chi connectivity index (χ1) is 7.31. The second-order valence-corrected chi connectivity index (χ2v) is 3.90. The number of halogens is 1. The lowest BCUT2D eigenvalue weighted by molar-refractivity contribution is -0.145. The monoisotopic (exact) mass is 231 g/mol. The first-order valence-electron chi connectivity index (χ1n) is 5.17. The van der Waals surface area contributed by atoms with Crippen molar-refractivity contribution in [1.29, 1.82) is 0 Å². The Morgan fingerprint density at radius 3 is 2.19 bits per heavy atom. The molecule has 1 amide bonds. The fraction of sp³-hybridized carbons (Fsp3) is 0.636. The highest BCUT2D eigenvalue weighted by molar-refractivity contribution is 5.93. The molecule has 0 saturated carbocycles. The highest BCUT2D eigenvalue weighted by Crippen LogP contribution is 2.13. The van der Waals surface area contributed by atoms with Crippen molar-refractivity contribution < 1.29 is 19.1 Å². The van der Waals surface area contributed by atoms with Crippen LogP contribution in [0.4, 0.5) is 4.39 Å². The third kappa shape index (κ3) is 4.00. The van der Waals surface area contributed by atoms with Crippen molar-refractivity contribution >= 4 is 11.9 Å². The average molecular weight is 231 g/mol. The molecule has 0 rings (SSSR count). The molecule has 5 heteroatoms. The van der Waals surface area contributed by atoms with Crippen molar-refractivity contribution in [3.05, 3.63) is 11.4 Å². The zero-order valence-electron chi connectivity index (χ0n) is 10.1. The smallest absolute Gasteiger partial charge is 0.323 e. The second-order valence-electron chi connectivity index (χ2n) is 3.90. The number of nitrogens with zero attached hydrogens (tertiary/aromatic N) is 1. The maximum absolute atomic E-state index is 13.4. The number of carboxylic acid groups (broad SMARTS) is 1. The summed E-state index contributed by atoms with van der Waals surface area (Å²) < 4.78 is 13.4. The van der Waals surface area contributed by atoms with Gasteiger partial charge in [-0.1, -0.05) is 6.92 Å². The van der Waals surface area contributed by atoms with Gasteiger partial charge in [-0.05, 0) is 32.8 Å². The van der Waals surface area contributed by atoms with Gasteiger partial charge in [0.25, 0.3) is 5.91 Å². The van der Waals surface area contributed by atoms with Gasteiger partial charge in [0.15, 0.2) is 5.83 Å². The van der Waals surface area contributed by atoms with Gasteiger partial charge in [0.2, 0.25) is 0 Å². The van der Waals surface area contributed by atoms with Gasteiger partial charge in [0.05, 0.1) is 0 Å². The molecule has 92 valence electrons. The Morgan fingerprint density at radius 2 is 1.88 bits per heavy atom. The molecule has 0 aliphatic heterocycles. The zero-order chi connectivity index (χ0) is 12.9. The van der Waals surface area contributed by atoms with E-state index in [4.69, 9.17) is 5.11 Å². The van der Waals surface area contributed by atoms with Gasteiger partial charge < -0.3 is 10.0 Å². The highest BCUT2D eigenvalue weighted by atomic mass is 19.1. The Morgan fingerprint density at radius 1 is 1.38 bits per heavy atom. The summed E-state index contributed by atoms with van der Waals surface area (Å²) in [7, 11) is 0. The fourth-order valence-electron chi connectivity index (χ4n) is 1.13. The van der Waals surface area contributed by atoms with E-state index in [2.05, 4.69) is 0 Å². The molecule has 1 N–H and O–H groups in total.